The van der Waals surface area contributed by atoms with Gasteiger partial charge in [0.15, 0.2) is 0 Å². The summed E-state index contributed by atoms with van der Waals surface area (Å²) in [5.74, 6) is 2.24. The molecule has 0 atom stereocenters. The van der Waals surface area contributed by atoms with E-state index in [0.717, 1.165) is 5.69 Å². The molecule has 96 valence electrons. The number of anilines is 1. The van der Waals surface area contributed by atoms with Crippen molar-refractivity contribution in [3.63, 3.8) is 0 Å². The molecule has 1 aromatic heterocycles. The van der Waals surface area contributed by atoms with Crippen molar-refractivity contribution >= 4 is 11.6 Å². The van der Waals surface area contributed by atoms with Gasteiger partial charge in [-0.05, 0) is 12.1 Å². The SMILES string of the molecule is C#CCNCC(=O)Nc1ccccc1-n1ccnn1. The van der Waals surface area contributed by atoms with Crippen LogP contribution in [0.15, 0.2) is 36.7 Å². The molecule has 2 N–H and O–H groups in total. The highest BCUT2D eigenvalue weighted by Gasteiger charge is 2.07. The third-order valence-electron chi connectivity index (χ3n) is 2.36. The molecule has 1 heterocycles. The van der Waals surface area contributed by atoms with Gasteiger partial charge in [-0.3, -0.25) is 10.1 Å². The maximum atomic E-state index is 11.7. The Morgan fingerprint density at radius 1 is 1.42 bits per heavy atom. The Morgan fingerprint density at radius 3 is 3.00 bits per heavy atom. The van der Waals surface area contributed by atoms with E-state index in [-0.39, 0.29) is 12.5 Å². The largest absolute Gasteiger partial charge is 0.323 e. The Hall–Kier alpha value is -2.65. The Kier molecular flexibility index (Phi) is 4.26. The monoisotopic (exact) mass is 255 g/mol. The second-order valence-electron chi connectivity index (χ2n) is 3.72. The molecule has 0 spiro atoms. The van der Waals surface area contributed by atoms with Gasteiger partial charge in [-0.15, -0.1) is 11.5 Å². The summed E-state index contributed by atoms with van der Waals surface area (Å²) in [4.78, 5) is 11.7. The van der Waals surface area contributed by atoms with Gasteiger partial charge in [0.1, 0.15) is 0 Å². The van der Waals surface area contributed by atoms with Crippen LogP contribution in [0.25, 0.3) is 5.69 Å². The summed E-state index contributed by atoms with van der Waals surface area (Å²) in [5, 5.41) is 13.3. The number of rotatable bonds is 5. The highest BCUT2D eigenvalue weighted by molar-refractivity contribution is 5.94. The quantitative estimate of drug-likeness (QED) is 0.600. The van der Waals surface area contributed by atoms with Crippen LogP contribution < -0.4 is 10.6 Å². The Bertz CT molecular complexity index is 585. The number of hydrogen-bond acceptors (Lipinski definition) is 4. The molecule has 6 nitrogen and oxygen atoms in total. The number of terminal acetylenes is 1. The first-order valence-corrected chi connectivity index (χ1v) is 5.71. The summed E-state index contributed by atoms with van der Waals surface area (Å²) in [5.41, 5.74) is 1.42. The van der Waals surface area contributed by atoms with E-state index in [1.54, 1.807) is 23.1 Å². The number of hydrogen-bond donors (Lipinski definition) is 2. The molecule has 6 heteroatoms. The summed E-state index contributed by atoms with van der Waals surface area (Å²) in [7, 11) is 0. The van der Waals surface area contributed by atoms with Gasteiger partial charge in [-0.1, -0.05) is 23.3 Å². The Balaban J connectivity index is 2.09. The lowest BCUT2D eigenvalue weighted by molar-refractivity contribution is -0.115. The minimum atomic E-state index is -0.164. The van der Waals surface area contributed by atoms with E-state index in [2.05, 4.69) is 26.9 Å². The molecule has 0 aliphatic carbocycles. The first-order chi connectivity index (χ1) is 9.31. The fourth-order valence-electron chi connectivity index (χ4n) is 1.56. The topological polar surface area (TPSA) is 71.8 Å². The average molecular weight is 255 g/mol. The number of benzene rings is 1. The maximum Gasteiger partial charge on any atom is 0.238 e. The fraction of sp³-hybridized carbons (Fsp3) is 0.154. The third kappa shape index (κ3) is 3.40. The summed E-state index contributed by atoms with van der Waals surface area (Å²) < 4.78 is 1.59. The maximum absolute atomic E-state index is 11.7. The Labute approximate surface area is 110 Å². The smallest absolute Gasteiger partial charge is 0.238 e. The van der Waals surface area contributed by atoms with E-state index in [1.807, 2.05) is 18.2 Å². The molecule has 0 fully saturated rings. The zero-order valence-corrected chi connectivity index (χ0v) is 10.2. The van der Waals surface area contributed by atoms with Crippen LogP contribution in [0.4, 0.5) is 5.69 Å². The molecule has 0 saturated carbocycles. The van der Waals surface area contributed by atoms with E-state index in [4.69, 9.17) is 6.42 Å². The fourth-order valence-corrected chi connectivity index (χ4v) is 1.56. The van der Waals surface area contributed by atoms with Crippen molar-refractivity contribution in [3.05, 3.63) is 36.7 Å². The zero-order valence-electron chi connectivity index (χ0n) is 10.2. The molecule has 2 rings (SSSR count). The molecule has 1 aromatic carbocycles. The summed E-state index contributed by atoms with van der Waals surface area (Å²) in [6.45, 7) is 0.522. The van der Waals surface area contributed by atoms with Gasteiger partial charge < -0.3 is 5.32 Å². The van der Waals surface area contributed by atoms with Crippen molar-refractivity contribution in [3.8, 4) is 18.0 Å². The Morgan fingerprint density at radius 2 is 2.26 bits per heavy atom. The van der Waals surface area contributed by atoms with Gasteiger partial charge in [-0.25, -0.2) is 4.68 Å². The van der Waals surface area contributed by atoms with Crippen LogP contribution in [0.2, 0.25) is 0 Å². The lowest BCUT2D eigenvalue weighted by Gasteiger charge is -2.10. The predicted molar refractivity (Wildman–Crippen MR) is 71.7 cm³/mol. The van der Waals surface area contributed by atoms with Crippen LogP contribution in [0.5, 0.6) is 0 Å². The molecule has 0 radical (unpaired) electrons. The minimum absolute atomic E-state index is 0.163. The summed E-state index contributed by atoms with van der Waals surface area (Å²) in [6.07, 6.45) is 8.38. The van der Waals surface area contributed by atoms with E-state index in [9.17, 15) is 4.79 Å². The van der Waals surface area contributed by atoms with Gasteiger partial charge in [0.25, 0.3) is 0 Å². The molecule has 2 aromatic rings. The van der Waals surface area contributed by atoms with Gasteiger partial charge in [0.2, 0.25) is 5.91 Å². The third-order valence-corrected chi connectivity index (χ3v) is 2.36. The van der Waals surface area contributed by atoms with Crippen LogP contribution in [0, 0.1) is 12.3 Å². The number of carbonyl (C=O) groups is 1. The summed E-state index contributed by atoms with van der Waals surface area (Å²) >= 11 is 0. The number of aromatic nitrogens is 3. The number of nitrogens with one attached hydrogen (secondary N) is 2. The average Bonchev–Trinajstić information content (AvgIpc) is 2.93. The van der Waals surface area contributed by atoms with Crippen LogP contribution >= 0.6 is 0 Å². The normalized spacial score (nSPS) is 9.84. The van der Waals surface area contributed by atoms with Crippen LogP contribution in [0.1, 0.15) is 0 Å². The molecule has 0 saturated heterocycles. The molecule has 0 unspecified atom stereocenters. The summed E-state index contributed by atoms with van der Waals surface area (Å²) in [6, 6.07) is 7.35. The minimum Gasteiger partial charge on any atom is -0.323 e. The first-order valence-electron chi connectivity index (χ1n) is 5.71. The van der Waals surface area contributed by atoms with E-state index < -0.39 is 0 Å². The zero-order chi connectivity index (χ0) is 13.5. The standard InChI is InChI=1S/C13H13N5O/c1-2-7-14-10-13(19)16-11-5-3-4-6-12(11)18-9-8-15-17-18/h1,3-6,8-9,14H,7,10H2,(H,16,19). The lowest BCUT2D eigenvalue weighted by Crippen LogP contribution is -2.28. The lowest BCUT2D eigenvalue weighted by atomic mass is 10.2. The van der Waals surface area contributed by atoms with E-state index in [0.29, 0.717) is 12.2 Å². The van der Waals surface area contributed by atoms with Crippen molar-refractivity contribution in [2.45, 2.75) is 0 Å². The molecule has 0 bridgehead atoms. The van der Waals surface area contributed by atoms with Crippen molar-refractivity contribution in [1.82, 2.24) is 20.3 Å². The van der Waals surface area contributed by atoms with Crippen molar-refractivity contribution in [2.75, 3.05) is 18.4 Å². The highest BCUT2D eigenvalue weighted by Crippen LogP contribution is 2.18. The van der Waals surface area contributed by atoms with Crippen LogP contribution in [0.3, 0.4) is 0 Å². The molecule has 1 amide bonds. The second kappa shape index (κ2) is 6.33. The van der Waals surface area contributed by atoms with Gasteiger partial charge in [-0.2, -0.15) is 0 Å². The van der Waals surface area contributed by atoms with Crippen molar-refractivity contribution in [1.29, 1.82) is 0 Å². The number of carbonyl (C=O) groups excluding carboxylic acids is 1. The molecular weight excluding hydrogens is 242 g/mol. The van der Waals surface area contributed by atoms with Crippen LogP contribution in [-0.2, 0) is 4.79 Å². The molecule has 0 aliphatic heterocycles. The van der Waals surface area contributed by atoms with E-state index in [1.165, 1.54) is 0 Å². The van der Waals surface area contributed by atoms with Gasteiger partial charge in [0.05, 0.1) is 36.9 Å². The molecular formula is C13H13N5O. The van der Waals surface area contributed by atoms with E-state index >= 15 is 0 Å². The molecule has 19 heavy (non-hydrogen) atoms. The predicted octanol–water partition coefficient (Wildman–Crippen LogP) is 0.429. The van der Waals surface area contributed by atoms with Gasteiger partial charge in [0, 0.05) is 0 Å². The van der Waals surface area contributed by atoms with Gasteiger partial charge >= 0.3 is 0 Å². The molecule has 0 aliphatic rings. The first kappa shape index (κ1) is 12.8. The van der Waals surface area contributed by atoms with Crippen LogP contribution in [-0.4, -0.2) is 34.0 Å². The second-order valence-corrected chi connectivity index (χ2v) is 3.72. The number of para-hydroxylation sites is 2. The highest BCUT2D eigenvalue weighted by atomic mass is 16.1. The number of amides is 1. The number of nitrogens with zero attached hydrogens (tertiary/aromatic N) is 3. The van der Waals surface area contributed by atoms with Crippen molar-refractivity contribution < 1.29 is 4.79 Å². The van der Waals surface area contributed by atoms with Crippen molar-refractivity contribution in [2.24, 2.45) is 0 Å².